The maximum atomic E-state index is 12.1. The Hall–Kier alpha value is -2.63. The van der Waals surface area contributed by atoms with Crippen molar-refractivity contribution in [1.29, 1.82) is 0 Å². The molecule has 120 valence electrons. The average Bonchev–Trinajstić information content (AvgIpc) is 2.61. The van der Waals surface area contributed by atoms with Crippen molar-refractivity contribution in [2.75, 3.05) is 31.1 Å². The van der Waals surface area contributed by atoms with Crippen LogP contribution in [0.4, 0.5) is 10.5 Å². The van der Waals surface area contributed by atoms with Crippen LogP contribution in [0.3, 0.4) is 0 Å². The van der Waals surface area contributed by atoms with Gasteiger partial charge in [0.2, 0.25) is 0 Å². The first-order valence-electron chi connectivity index (χ1n) is 7.71. The smallest absolute Gasteiger partial charge is 0.410 e. The molecule has 1 aromatic heterocycles. The Kier molecular flexibility index (Phi) is 4.71. The predicted molar refractivity (Wildman–Crippen MR) is 87.2 cm³/mol. The lowest BCUT2D eigenvalue weighted by molar-refractivity contribution is 0.0942. The van der Waals surface area contributed by atoms with E-state index in [-0.39, 0.29) is 6.09 Å². The second kappa shape index (κ2) is 7.09. The summed E-state index contributed by atoms with van der Waals surface area (Å²) in [6, 6.07) is 9.71. The van der Waals surface area contributed by atoms with Crippen molar-refractivity contribution in [2.24, 2.45) is 0 Å². The molecule has 1 fully saturated rings. The number of hydrogen-bond acceptors (Lipinski definition) is 5. The molecule has 2 aromatic rings. The van der Waals surface area contributed by atoms with Crippen LogP contribution in [0.15, 0.2) is 42.7 Å². The number of piperazine rings is 1. The fraction of sp³-hybridized carbons (Fsp3) is 0.353. The van der Waals surface area contributed by atoms with E-state index in [1.807, 2.05) is 49.6 Å². The van der Waals surface area contributed by atoms with Crippen LogP contribution in [0.25, 0.3) is 0 Å². The highest BCUT2D eigenvalue weighted by molar-refractivity contribution is 5.68. The number of hydrogen-bond donors (Lipinski definition) is 0. The number of aryl methyl sites for hydroxylation is 1. The third-order valence-corrected chi connectivity index (χ3v) is 3.88. The summed E-state index contributed by atoms with van der Waals surface area (Å²) in [6.45, 7) is 4.97. The number of aromatic nitrogens is 2. The number of ether oxygens (including phenoxy) is 1. The normalized spacial score (nSPS) is 14.7. The molecular weight excluding hydrogens is 292 g/mol. The molecule has 6 heteroatoms. The Morgan fingerprint density at radius 3 is 2.39 bits per heavy atom. The van der Waals surface area contributed by atoms with Gasteiger partial charge in [0.15, 0.2) is 0 Å². The van der Waals surface area contributed by atoms with Crippen molar-refractivity contribution in [1.82, 2.24) is 14.9 Å². The molecule has 23 heavy (non-hydrogen) atoms. The zero-order chi connectivity index (χ0) is 16.1. The van der Waals surface area contributed by atoms with E-state index in [4.69, 9.17) is 4.74 Å². The zero-order valence-electron chi connectivity index (χ0n) is 13.2. The fourth-order valence-electron chi connectivity index (χ4n) is 2.51. The van der Waals surface area contributed by atoms with E-state index in [9.17, 15) is 4.79 Å². The first-order chi connectivity index (χ1) is 11.2. The van der Waals surface area contributed by atoms with Gasteiger partial charge in [-0.3, -0.25) is 0 Å². The molecule has 2 heterocycles. The Morgan fingerprint density at radius 2 is 1.74 bits per heavy atom. The molecule has 0 spiro atoms. The Labute approximate surface area is 135 Å². The Morgan fingerprint density at radius 1 is 1.09 bits per heavy atom. The van der Waals surface area contributed by atoms with Crippen LogP contribution in [0.1, 0.15) is 11.4 Å². The quantitative estimate of drug-likeness (QED) is 0.870. The van der Waals surface area contributed by atoms with E-state index >= 15 is 0 Å². The lowest BCUT2D eigenvalue weighted by atomic mass is 10.2. The van der Waals surface area contributed by atoms with Gasteiger partial charge in [0.1, 0.15) is 12.4 Å². The second-order valence-electron chi connectivity index (χ2n) is 5.50. The van der Waals surface area contributed by atoms with E-state index in [1.54, 1.807) is 4.90 Å². The fourth-order valence-corrected chi connectivity index (χ4v) is 2.51. The Bertz CT molecular complexity index is 637. The van der Waals surface area contributed by atoms with Crippen LogP contribution in [0.2, 0.25) is 0 Å². The van der Waals surface area contributed by atoms with Gasteiger partial charge >= 0.3 is 6.09 Å². The van der Waals surface area contributed by atoms with E-state index < -0.39 is 0 Å². The molecule has 1 aliphatic rings. The predicted octanol–water partition coefficient (Wildman–Crippen LogP) is 2.24. The van der Waals surface area contributed by atoms with Gasteiger partial charge in [-0.05, 0) is 12.5 Å². The maximum Gasteiger partial charge on any atom is 0.410 e. The van der Waals surface area contributed by atoms with Gasteiger partial charge in [-0.25, -0.2) is 14.8 Å². The molecule has 0 bridgehead atoms. The number of amides is 1. The number of benzene rings is 1. The van der Waals surface area contributed by atoms with Crippen molar-refractivity contribution in [3.05, 3.63) is 54.1 Å². The summed E-state index contributed by atoms with van der Waals surface area (Å²) in [5, 5.41) is 0. The standard InChI is InChI=1S/C17H20N4O2/c1-14-18-11-16(12-19-14)20-7-9-21(10-8-20)17(22)23-13-15-5-3-2-4-6-15/h2-6,11-12H,7-10,13H2,1H3. The van der Waals surface area contributed by atoms with Gasteiger partial charge < -0.3 is 14.5 Å². The van der Waals surface area contributed by atoms with Crippen LogP contribution in [0, 0.1) is 6.92 Å². The summed E-state index contributed by atoms with van der Waals surface area (Å²) in [6.07, 6.45) is 3.39. The van der Waals surface area contributed by atoms with Crippen LogP contribution in [-0.4, -0.2) is 47.1 Å². The SMILES string of the molecule is Cc1ncc(N2CCN(C(=O)OCc3ccccc3)CC2)cn1. The summed E-state index contributed by atoms with van der Waals surface area (Å²) < 4.78 is 5.37. The minimum Gasteiger partial charge on any atom is -0.445 e. The van der Waals surface area contributed by atoms with Crippen LogP contribution < -0.4 is 4.90 Å². The molecule has 1 aromatic carbocycles. The van der Waals surface area contributed by atoms with Gasteiger partial charge in [0.05, 0.1) is 18.1 Å². The molecule has 6 nitrogen and oxygen atoms in total. The molecule has 0 N–H and O–H groups in total. The number of anilines is 1. The highest BCUT2D eigenvalue weighted by Crippen LogP contribution is 2.14. The highest BCUT2D eigenvalue weighted by atomic mass is 16.6. The summed E-state index contributed by atoms with van der Waals surface area (Å²) in [5.41, 5.74) is 1.99. The summed E-state index contributed by atoms with van der Waals surface area (Å²) in [5.74, 6) is 0.761. The van der Waals surface area contributed by atoms with Crippen molar-refractivity contribution in [3.63, 3.8) is 0 Å². The molecule has 1 saturated heterocycles. The summed E-state index contributed by atoms with van der Waals surface area (Å²) in [4.78, 5) is 24.5. The van der Waals surface area contributed by atoms with Gasteiger partial charge in [-0.2, -0.15) is 0 Å². The number of nitrogens with zero attached hydrogens (tertiary/aromatic N) is 4. The van der Waals surface area contributed by atoms with Gasteiger partial charge in [-0.15, -0.1) is 0 Å². The van der Waals surface area contributed by atoms with Crippen molar-refractivity contribution in [3.8, 4) is 0 Å². The summed E-state index contributed by atoms with van der Waals surface area (Å²) in [7, 11) is 0. The summed E-state index contributed by atoms with van der Waals surface area (Å²) >= 11 is 0. The molecule has 0 radical (unpaired) electrons. The van der Waals surface area contributed by atoms with E-state index in [0.717, 1.165) is 30.2 Å². The molecule has 1 amide bonds. The Balaban J connectivity index is 1.48. The largest absolute Gasteiger partial charge is 0.445 e. The highest BCUT2D eigenvalue weighted by Gasteiger charge is 2.22. The van der Waals surface area contributed by atoms with Crippen molar-refractivity contribution < 1.29 is 9.53 Å². The van der Waals surface area contributed by atoms with Crippen LogP contribution in [-0.2, 0) is 11.3 Å². The van der Waals surface area contributed by atoms with E-state index in [1.165, 1.54) is 0 Å². The zero-order valence-corrected chi connectivity index (χ0v) is 13.2. The first kappa shape index (κ1) is 15.3. The van der Waals surface area contributed by atoms with Gasteiger partial charge in [0.25, 0.3) is 0 Å². The van der Waals surface area contributed by atoms with Gasteiger partial charge in [-0.1, -0.05) is 30.3 Å². The van der Waals surface area contributed by atoms with E-state index in [2.05, 4.69) is 14.9 Å². The monoisotopic (exact) mass is 312 g/mol. The number of carbonyl (C=O) groups is 1. The molecule has 3 rings (SSSR count). The minimum atomic E-state index is -0.256. The number of rotatable bonds is 3. The molecule has 0 saturated carbocycles. The lowest BCUT2D eigenvalue weighted by Crippen LogP contribution is -2.49. The minimum absolute atomic E-state index is 0.256. The first-order valence-corrected chi connectivity index (χ1v) is 7.71. The third-order valence-electron chi connectivity index (χ3n) is 3.88. The molecule has 1 aliphatic heterocycles. The maximum absolute atomic E-state index is 12.1. The van der Waals surface area contributed by atoms with Crippen molar-refractivity contribution in [2.45, 2.75) is 13.5 Å². The topological polar surface area (TPSA) is 58.6 Å². The molecular formula is C17H20N4O2. The number of carbonyl (C=O) groups excluding carboxylic acids is 1. The second-order valence-corrected chi connectivity index (χ2v) is 5.50. The lowest BCUT2D eigenvalue weighted by Gasteiger charge is -2.35. The molecule has 0 unspecified atom stereocenters. The molecule has 0 atom stereocenters. The van der Waals surface area contributed by atoms with Crippen LogP contribution in [0.5, 0.6) is 0 Å². The van der Waals surface area contributed by atoms with Crippen molar-refractivity contribution >= 4 is 11.8 Å². The van der Waals surface area contributed by atoms with Crippen LogP contribution >= 0.6 is 0 Å². The molecule has 0 aliphatic carbocycles. The third kappa shape index (κ3) is 3.97. The van der Waals surface area contributed by atoms with Gasteiger partial charge in [0, 0.05) is 26.2 Å². The average molecular weight is 312 g/mol. The van der Waals surface area contributed by atoms with E-state index in [0.29, 0.717) is 19.7 Å².